The molecule has 0 saturated heterocycles. The molecule has 3 heteroatoms. The maximum absolute atomic E-state index is 9.42. The van der Waals surface area contributed by atoms with Crippen molar-refractivity contribution in [2.24, 2.45) is 0 Å². The Kier molecular flexibility index (Phi) is 1.57. The number of benzene rings is 1. The van der Waals surface area contributed by atoms with E-state index in [0.29, 0.717) is 5.75 Å². The summed E-state index contributed by atoms with van der Waals surface area (Å²) >= 11 is 0. The quantitative estimate of drug-likeness (QED) is 0.617. The number of methoxy groups -OCH3 is 1. The fraction of sp³-hybridized carbons (Fsp3) is 0.333. The molecule has 1 aromatic rings. The van der Waals surface area contributed by atoms with E-state index in [1.165, 1.54) is 0 Å². The van der Waals surface area contributed by atoms with Crippen LogP contribution in [0.5, 0.6) is 11.5 Å². The predicted octanol–water partition coefficient (Wildman–Crippen LogP) is 1.37. The van der Waals surface area contributed by atoms with Crippen LogP contribution in [0.2, 0.25) is 0 Å². The van der Waals surface area contributed by atoms with Gasteiger partial charge >= 0.3 is 0 Å². The number of fused-ring (bicyclic) bond motifs is 1. The molecule has 0 amide bonds. The van der Waals surface area contributed by atoms with Crippen LogP contribution in [0.3, 0.4) is 0 Å². The molecule has 2 N–H and O–H groups in total. The third-order valence-electron chi connectivity index (χ3n) is 2.11. The van der Waals surface area contributed by atoms with Gasteiger partial charge in [-0.05, 0) is 18.1 Å². The zero-order valence-electron chi connectivity index (χ0n) is 6.92. The van der Waals surface area contributed by atoms with Crippen LogP contribution in [0.4, 0.5) is 5.69 Å². The summed E-state index contributed by atoms with van der Waals surface area (Å²) in [6.07, 6.45) is 0.979. The second kappa shape index (κ2) is 2.59. The van der Waals surface area contributed by atoms with Gasteiger partial charge in [0.15, 0.2) is 11.5 Å². The van der Waals surface area contributed by atoms with Gasteiger partial charge in [0.05, 0.1) is 7.11 Å². The fourth-order valence-corrected chi connectivity index (χ4v) is 1.48. The van der Waals surface area contributed by atoms with Crippen LogP contribution < -0.4 is 10.1 Å². The number of ether oxygens (including phenoxy) is 1. The lowest BCUT2D eigenvalue weighted by Gasteiger charge is -2.05. The van der Waals surface area contributed by atoms with Gasteiger partial charge in [0, 0.05) is 18.3 Å². The van der Waals surface area contributed by atoms with Crippen LogP contribution in [0.15, 0.2) is 12.1 Å². The smallest absolute Gasteiger partial charge is 0.162 e. The van der Waals surface area contributed by atoms with Crippen molar-refractivity contribution in [2.75, 3.05) is 19.0 Å². The highest BCUT2D eigenvalue weighted by Crippen LogP contribution is 2.34. The topological polar surface area (TPSA) is 41.5 Å². The number of aromatic hydroxyl groups is 1. The first-order valence-corrected chi connectivity index (χ1v) is 3.95. The zero-order chi connectivity index (χ0) is 8.55. The Bertz CT molecular complexity index is 309. The summed E-state index contributed by atoms with van der Waals surface area (Å²) in [5.41, 5.74) is 2.23. The minimum Gasteiger partial charge on any atom is -0.504 e. The van der Waals surface area contributed by atoms with E-state index in [2.05, 4.69) is 5.32 Å². The summed E-state index contributed by atoms with van der Waals surface area (Å²) in [7, 11) is 1.55. The molecule has 0 fully saturated rings. The highest BCUT2D eigenvalue weighted by molar-refractivity contribution is 5.62. The van der Waals surface area contributed by atoms with E-state index in [1.807, 2.05) is 6.07 Å². The normalized spacial score (nSPS) is 13.8. The van der Waals surface area contributed by atoms with E-state index in [0.717, 1.165) is 24.2 Å². The van der Waals surface area contributed by atoms with Crippen molar-refractivity contribution in [1.29, 1.82) is 0 Å². The van der Waals surface area contributed by atoms with Crippen LogP contribution in [0, 0.1) is 0 Å². The Morgan fingerprint density at radius 1 is 1.50 bits per heavy atom. The number of phenolic OH excluding ortho intramolecular Hbond substituents is 1. The number of anilines is 1. The van der Waals surface area contributed by atoms with Crippen LogP contribution in [-0.4, -0.2) is 18.8 Å². The van der Waals surface area contributed by atoms with Gasteiger partial charge in [-0.3, -0.25) is 0 Å². The summed E-state index contributed by atoms with van der Waals surface area (Å²) in [5.74, 6) is 0.753. The molecule has 1 aromatic carbocycles. The number of rotatable bonds is 1. The number of hydrogen-bond acceptors (Lipinski definition) is 3. The zero-order valence-corrected chi connectivity index (χ0v) is 6.92. The second-order valence-corrected chi connectivity index (χ2v) is 2.86. The van der Waals surface area contributed by atoms with E-state index in [-0.39, 0.29) is 5.75 Å². The van der Waals surface area contributed by atoms with Gasteiger partial charge in [-0.15, -0.1) is 0 Å². The molecule has 0 atom stereocenters. The summed E-state index contributed by atoms with van der Waals surface area (Å²) in [5, 5.41) is 12.6. The van der Waals surface area contributed by atoms with Crippen LogP contribution in [0.25, 0.3) is 0 Å². The lowest BCUT2D eigenvalue weighted by molar-refractivity contribution is 0.373. The van der Waals surface area contributed by atoms with Gasteiger partial charge in [0.2, 0.25) is 0 Å². The van der Waals surface area contributed by atoms with E-state index in [4.69, 9.17) is 4.74 Å². The molecule has 0 radical (unpaired) electrons. The predicted molar refractivity (Wildman–Crippen MR) is 46.9 cm³/mol. The largest absolute Gasteiger partial charge is 0.504 e. The van der Waals surface area contributed by atoms with Crippen molar-refractivity contribution in [3.05, 3.63) is 17.7 Å². The van der Waals surface area contributed by atoms with Crippen molar-refractivity contribution in [3.63, 3.8) is 0 Å². The van der Waals surface area contributed by atoms with Crippen LogP contribution in [-0.2, 0) is 6.42 Å². The highest BCUT2D eigenvalue weighted by atomic mass is 16.5. The Balaban J connectivity index is 2.49. The summed E-state index contributed by atoms with van der Waals surface area (Å²) < 4.78 is 4.98. The van der Waals surface area contributed by atoms with Gasteiger partial charge in [0.25, 0.3) is 0 Å². The minimum absolute atomic E-state index is 0.222. The van der Waals surface area contributed by atoms with Gasteiger partial charge in [-0.25, -0.2) is 0 Å². The molecule has 1 aliphatic rings. The Morgan fingerprint density at radius 2 is 2.33 bits per heavy atom. The molecule has 0 bridgehead atoms. The molecule has 0 spiro atoms. The summed E-state index contributed by atoms with van der Waals surface area (Å²) in [6, 6.07) is 3.59. The first-order chi connectivity index (χ1) is 5.81. The molecule has 12 heavy (non-hydrogen) atoms. The average molecular weight is 165 g/mol. The standard InChI is InChI=1S/C9H11NO2/c1-12-9-5-7-6(2-3-10-7)4-8(9)11/h4-5,10-11H,2-3H2,1H3. The first-order valence-electron chi connectivity index (χ1n) is 3.95. The van der Waals surface area contributed by atoms with E-state index >= 15 is 0 Å². The lowest BCUT2D eigenvalue weighted by atomic mass is 10.1. The monoisotopic (exact) mass is 165 g/mol. The molecule has 0 unspecified atom stereocenters. The molecule has 0 aromatic heterocycles. The maximum Gasteiger partial charge on any atom is 0.162 e. The van der Waals surface area contributed by atoms with Gasteiger partial charge in [-0.2, -0.15) is 0 Å². The number of hydrogen-bond donors (Lipinski definition) is 2. The van der Waals surface area contributed by atoms with E-state index in [1.54, 1.807) is 13.2 Å². The van der Waals surface area contributed by atoms with Gasteiger partial charge < -0.3 is 15.2 Å². The highest BCUT2D eigenvalue weighted by Gasteiger charge is 2.13. The fourth-order valence-electron chi connectivity index (χ4n) is 1.48. The van der Waals surface area contributed by atoms with Crippen molar-refractivity contribution >= 4 is 5.69 Å². The lowest BCUT2D eigenvalue weighted by Crippen LogP contribution is -1.91. The Labute approximate surface area is 71.0 Å². The second-order valence-electron chi connectivity index (χ2n) is 2.86. The molecular formula is C9H11NO2. The minimum atomic E-state index is 0.222. The number of phenols is 1. The molecule has 0 saturated carbocycles. The van der Waals surface area contributed by atoms with Crippen molar-refractivity contribution in [1.82, 2.24) is 0 Å². The van der Waals surface area contributed by atoms with Crippen LogP contribution >= 0.6 is 0 Å². The van der Waals surface area contributed by atoms with Gasteiger partial charge in [0.1, 0.15) is 0 Å². The summed E-state index contributed by atoms with van der Waals surface area (Å²) in [6.45, 7) is 0.946. The van der Waals surface area contributed by atoms with E-state index < -0.39 is 0 Å². The third-order valence-corrected chi connectivity index (χ3v) is 2.11. The van der Waals surface area contributed by atoms with Crippen LogP contribution in [0.1, 0.15) is 5.56 Å². The Hall–Kier alpha value is -1.38. The van der Waals surface area contributed by atoms with Crippen molar-refractivity contribution in [3.8, 4) is 11.5 Å². The number of nitrogens with one attached hydrogen (secondary N) is 1. The van der Waals surface area contributed by atoms with Gasteiger partial charge in [-0.1, -0.05) is 0 Å². The molecule has 1 heterocycles. The maximum atomic E-state index is 9.42. The SMILES string of the molecule is COc1cc2c(cc1O)CCN2. The third kappa shape index (κ3) is 0.978. The average Bonchev–Trinajstić information content (AvgIpc) is 2.49. The van der Waals surface area contributed by atoms with E-state index in [9.17, 15) is 5.11 Å². The first kappa shape index (κ1) is 7.28. The molecule has 2 rings (SSSR count). The molecule has 1 aliphatic heterocycles. The van der Waals surface area contributed by atoms with Crippen molar-refractivity contribution in [2.45, 2.75) is 6.42 Å². The summed E-state index contributed by atoms with van der Waals surface area (Å²) in [4.78, 5) is 0. The molecular weight excluding hydrogens is 154 g/mol. The molecule has 64 valence electrons. The molecule has 0 aliphatic carbocycles. The molecule has 3 nitrogen and oxygen atoms in total. The van der Waals surface area contributed by atoms with Crippen molar-refractivity contribution < 1.29 is 9.84 Å². The Morgan fingerprint density at radius 3 is 3.08 bits per heavy atom.